The smallest absolute Gasteiger partial charge is 0.315 e. The van der Waals surface area contributed by atoms with E-state index in [-0.39, 0.29) is 42.2 Å². The molecule has 2 aromatic carbocycles. The SMILES string of the molecule is Cc1ccc(OCC(=O)NCCNC(=O)c2nc(CS(=O)(=O)c3ccccc3)no2)c(C)c1. The number of amides is 2. The maximum absolute atomic E-state index is 12.4. The van der Waals surface area contributed by atoms with Crippen molar-refractivity contribution >= 4 is 21.7 Å². The number of benzene rings is 2. The van der Waals surface area contributed by atoms with Crippen molar-refractivity contribution in [3.05, 3.63) is 71.4 Å². The van der Waals surface area contributed by atoms with Crippen LogP contribution in [0.15, 0.2) is 57.9 Å². The number of hydrogen-bond acceptors (Lipinski definition) is 8. The predicted molar refractivity (Wildman–Crippen MR) is 118 cm³/mol. The molecule has 3 aromatic rings. The maximum Gasteiger partial charge on any atom is 0.315 e. The molecule has 2 N–H and O–H groups in total. The Kier molecular flexibility index (Phi) is 7.78. The molecule has 1 aromatic heterocycles. The van der Waals surface area contributed by atoms with Gasteiger partial charge < -0.3 is 19.9 Å². The monoisotopic (exact) mass is 472 g/mol. The number of nitrogens with one attached hydrogen (secondary N) is 2. The summed E-state index contributed by atoms with van der Waals surface area (Å²) in [5.74, 6) is -1.36. The van der Waals surface area contributed by atoms with Crippen LogP contribution in [0.4, 0.5) is 0 Å². The topological polar surface area (TPSA) is 140 Å². The van der Waals surface area contributed by atoms with Gasteiger partial charge >= 0.3 is 11.8 Å². The number of nitrogens with zero attached hydrogens (tertiary/aromatic N) is 2. The Morgan fingerprint density at radius 3 is 2.48 bits per heavy atom. The van der Waals surface area contributed by atoms with E-state index in [9.17, 15) is 18.0 Å². The number of carbonyl (C=O) groups is 2. The van der Waals surface area contributed by atoms with E-state index < -0.39 is 21.5 Å². The second-order valence-corrected chi connectivity index (χ2v) is 9.24. The van der Waals surface area contributed by atoms with Crippen LogP contribution in [-0.4, -0.2) is 50.1 Å². The molecule has 174 valence electrons. The minimum absolute atomic E-state index is 0.105. The van der Waals surface area contributed by atoms with Crippen LogP contribution in [0.25, 0.3) is 0 Å². The quantitative estimate of drug-likeness (QED) is 0.424. The van der Waals surface area contributed by atoms with E-state index in [1.807, 2.05) is 32.0 Å². The van der Waals surface area contributed by atoms with E-state index in [2.05, 4.69) is 20.8 Å². The standard InChI is InChI=1S/C22H24N4O6S/c1-15-8-9-18(16(2)12-15)31-13-20(27)23-10-11-24-21(28)22-25-19(26-32-22)14-33(29,30)17-6-4-3-5-7-17/h3-9,12H,10-11,13-14H2,1-2H3,(H,23,27)(H,24,28). The Balaban J connectivity index is 1.40. The molecule has 33 heavy (non-hydrogen) atoms. The highest BCUT2D eigenvalue weighted by molar-refractivity contribution is 7.90. The number of carbonyl (C=O) groups excluding carboxylic acids is 2. The first-order valence-electron chi connectivity index (χ1n) is 10.1. The Labute approximate surface area is 191 Å². The summed E-state index contributed by atoms with van der Waals surface area (Å²) >= 11 is 0. The number of aromatic nitrogens is 2. The van der Waals surface area contributed by atoms with Gasteiger partial charge in [0.05, 0.1) is 4.90 Å². The van der Waals surface area contributed by atoms with Gasteiger partial charge in [-0.15, -0.1) is 0 Å². The van der Waals surface area contributed by atoms with E-state index in [1.54, 1.807) is 18.2 Å². The molecule has 0 aliphatic heterocycles. The van der Waals surface area contributed by atoms with Gasteiger partial charge in [-0.25, -0.2) is 8.42 Å². The van der Waals surface area contributed by atoms with Crippen molar-refractivity contribution in [2.75, 3.05) is 19.7 Å². The molecule has 0 unspecified atom stereocenters. The molecule has 0 bridgehead atoms. The Morgan fingerprint density at radius 1 is 1.03 bits per heavy atom. The van der Waals surface area contributed by atoms with Crippen molar-refractivity contribution in [2.45, 2.75) is 24.5 Å². The van der Waals surface area contributed by atoms with Crippen molar-refractivity contribution in [3.63, 3.8) is 0 Å². The zero-order chi connectivity index (χ0) is 23.8. The second kappa shape index (κ2) is 10.7. The predicted octanol–water partition coefficient (Wildman–Crippen LogP) is 1.59. The molecule has 2 amide bonds. The zero-order valence-corrected chi connectivity index (χ0v) is 19.0. The van der Waals surface area contributed by atoms with E-state index in [0.29, 0.717) is 5.75 Å². The van der Waals surface area contributed by atoms with Gasteiger partial charge in [0, 0.05) is 13.1 Å². The van der Waals surface area contributed by atoms with E-state index in [0.717, 1.165) is 11.1 Å². The molecular formula is C22H24N4O6S. The third-order valence-electron chi connectivity index (χ3n) is 4.51. The molecule has 0 aliphatic carbocycles. The molecule has 0 fully saturated rings. The van der Waals surface area contributed by atoms with Gasteiger partial charge in [-0.3, -0.25) is 9.59 Å². The normalized spacial score (nSPS) is 11.1. The van der Waals surface area contributed by atoms with E-state index in [4.69, 9.17) is 9.26 Å². The fourth-order valence-electron chi connectivity index (χ4n) is 2.90. The van der Waals surface area contributed by atoms with Crippen LogP contribution in [0.2, 0.25) is 0 Å². The van der Waals surface area contributed by atoms with Gasteiger partial charge in [0.1, 0.15) is 11.5 Å². The number of rotatable bonds is 10. The van der Waals surface area contributed by atoms with Crippen LogP contribution in [0.3, 0.4) is 0 Å². The molecule has 3 rings (SSSR count). The van der Waals surface area contributed by atoms with Gasteiger partial charge in [-0.1, -0.05) is 41.1 Å². The highest BCUT2D eigenvalue weighted by Gasteiger charge is 2.21. The summed E-state index contributed by atoms with van der Waals surface area (Å²) in [6.45, 7) is 3.98. The van der Waals surface area contributed by atoms with Crippen LogP contribution in [0.5, 0.6) is 5.75 Å². The second-order valence-electron chi connectivity index (χ2n) is 7.25. The summed E-state index contributed by atoms with van der Waals surface area (Å²) in [4.78, 5) is 28.0. The molecule has 0 aliphatic rings. The summed E-state index contributed by atoms with van der Waals surface area (Å²) in [7, 11) is -3.66. The lowest BCUT2D eigenvalue weighted by atomic mass is 10.1. The fraction of sp³-hybridized carbons (Fsp3) is 0.273. The van der Waals surface area contributed by atoms with E-state index >= 15 is 0 Å². The number of aryl methyl sites for hydroxylation is 2. The minimum Gasteiger partial charge on any atom is -0.484 e. The molecule has 0 saturated carbocycles. The van der Waals surface area contributed by atoms with Gasteiger partial charge in [0.2, 0.25) is 0 Å². The third kappa shape index (κ3) is 6.88. The lowest BCUT2D eigenvalue weighted by molar-refractivity contribution is -0.123. The number of sulfone groups is 1. The summed E-state index contributed by atoms with van der Waals surface area (Å²) in [6.07, 6.45) is 0. The molecule has 0 saturated heterocycles. The molecule has 0 radical (unpaired) electrons. The molecule has 11 heteroatoms. The average Bonchev–Trinajstić information content (AvgIpc) is 3.24. The van der Waals surface area contributed by atoms with Crippen LogP contribution in [0, 0.1) is 13.8 Å². The minimum atomic E-state index is -3.66. The highest BCUT2D eigenvalue weighted by Crippen LogP contribution is 2.18. The number of hydrogen-bond donors (Lipinski definition) is 2. The van der Waals surface area contributed by atoms with Crippen LogP contribution in [0.1, 0.15) is 27.6 Å². The van der Waals surface area contributed by atoms with Gasteiger partial charge in [-0.2, -0.15) is 4.98 Å². The van der Waals surface area contributed by atoms with Crippen molar-refractivity contribution in [3.8, 4) is 5.75 Å². The summed E-state index contributed by atoms with van der Waals surface area (Å²) < 4.78 is 35.1. The molecule has 0 atom stereocenters. The van der Waals surface area contributed by atoms with Crippen molar-refractivity contribution in [1.29, 1.82) is 0 Å². The van der Waals surface area contributed by atoms with E-state index in [1.165, 1.54) is 12.1 Å². The van der Waals surface area contributed by atoms with Crippen LogP contribution in [-0.2, 0) is 20.4 Å². The lowest BCUT2D eigenvalue weighted by Crippen LogP contribution is -2.36. The lowest BCUT2D eigenvalue weighted by Gasteiger charge is -2.10. The molecule has 10 nitrogen and oxygen atoms in total. The zero-order valence-electron chi connectivity index (χ0n) is 18.2. The Morgan fingerprint density at radius 2 is 1.76 bits per heavy atom. The summed E-state index contributed by atoms with van der Waals surface area (Å²) in [6, 6.07) is 13.5. The largest absolute Gasteiger partial charge is 0.484 e. The number of ether oxygens (including phenoxy) is 1. The first-order chi connectivity index (χ1) is 15.7. The van der Waals surface area contributed by atoms with Crippen LogP contribution >= 0.6 is 0 Å². The summed E-state index contributed by atoms with van der Waals surface area (Å²) in [5.41, 5.74) is 2.04. The Hall–Kier alpha value is -3.73. The third-order valence-corrected chi connectivity index (χ3v) is 6.13. The van der Waals surface area contributed by atoms with Crippen molar-refractivity contribution in [2.24, 2.45) is 0 Å². The van der Waals surface area contributed by atoms with Gasteiger partial charge in [-0.05, 0) is 37.6 Å². The van der Waals surface area contributed by atoms with Crippen molar-refractivity contribution < 1.29 is 27.3 Å². The molecular weight excluding hydrogens is 448 g/mol. The first kappa shape index (κ1) is 23.9. The Bertz CT molecular complexity index is 1220. The van der Waals surface area contributed by atoms with Crippen LogP contribution < -0.4 is 15.4 Å². The highest BCUT2D eigenvalue weighted by atomic mass is 32.2. The fourth-order valence-corrected chi connectivity index (χ4v) is 4.09. The molecule has 1 heterocycles. The summed E-state index contributed by atoms with van der Waals surface area (Å²) in [5, 5.41) is 8.69. The van der Waals surface area contributed by atoms with Gasteiger partial charge in [0.15, 0.2) is 22.3 Å². The van der Waals surface area contributed by atoms with Crippen molar-refractivity contribution in [1.82, 2.24) is 20.8 Å². The average molecular weight is 473 g/mol. The first-order valence-corrected chi connectivity index (χ1v) is 11.7. The molecule has 0 spiro atoms. The van der Waals surface area contributed by atoms with Gasteiger partial charge in [0.25, 0.3) is 5.91 Å². The maximum atomic E-state index is 12.4.